The average Bonchev–Trinajstić information content (AvgIpc) is 2.36. The van der Waals surface area contributed by atoms with Gasteiger partial charge < -0.3 is 15.2 Å². The highest BCUT2D eigenvalue weighted by Crippen LogP contribution is 2.15. The van der Waals surface area contributed by atoms with E-state index in [-0.39, 0.29) is 18.6 Å². The summed E-state index contributed by atoms with van der Waals surface area (Å²) in [5.74, 6) is 0.490. The number of nitrogens with zero attached hydrogens (tertiary/aromatic N) is 1. The van der Waals surface area contributed by atoms with Gasteiger partial charge in [0.1, 0.15) is 5.56 Å². The molecule has 1 aromatic heterocycles. The third-order valence-electron chi connectivity index (χ3n) is 2.51. The smallest absolute Gasteiger partial charge is 0.256 e. The van der Waals surface area contributed by atoms with Crippen LogP contribution in [0.4, 0.5) is 0 Å². The number of aromatic nitrogens is 1. The Hall–Kier alpha value is -1.62. The Morgan fingerprint density at radius 3 is 2.84 bits per heavy atom. The molecule has 0 spiro atoms. The molecule has 5 heteroatoms. The number of aliphatic hydroxyl groups is 1. The van der Waals surface area contributed by atoms with E-state index >= 15 is 0 Å². The standard InChI is InChI=1S/C14H22N2O3/c1-10(2)9-19-14-12(5-4-7-15-14)13(18)16-11(3)6-8-17/h4-5,7,10-11,17H,6,8-9H2,1-3H3,(H,16,18). The zero-order chi connectivity index (χ0) is 14.3. The van der Waals surface area contributed by atoms with Crippen molar-refractivity contribution in [1.82, 2.24) is 10.3 Å². The molecule has 0 saturated carbocycles. The lowest BCUT2D eigenvalue weighted by atomic mass is 10.2. The third kappa shape index (κ3) is 5.26. The number of carbonyl (C=O) groups is 1. The van der Waals surface area contributed by atoms with E-state index in [1.807, 2.05) is 20.8 Å². The van der Waals surface area contributed by atoms with Gasteiger partial charge in [0.05, 0.1) is 6.61 Å². The van der Waals surface area contributed by atoms with Gasteiger partial charge in [0.15, 0.2) is 0 Å². The second kappa shape index (κ2) is 7.74. The minimum atomic E-state index is -0.229. The lowest BCUT2D eigenvalue weighted by molar-refractivity contribution is 0.0928. The van der Waals surface area contributed by atoms with Crippen LogP contribution in [0.15, 0.2) is 18.3 Å². The first kappa shape index (κ1) is 15.4. The van der Waals surface area contributed by atoms with Crippen LogP contribution in [0, 0.1) is 5.92 Å². The van der Waals surface area contributed by atoms with E-state index in [1.54, 1.807) is 18.3 Å². The molecule has 1 aromatic rings. The van der Waals surface area contributed by atoms with Crippen molar-refractivity contribution in [2.24, 2.45) is 5.92 Å². The number of nitrogens with one attached hydrogen (secondary N) is 1. The molecule has 0 aliphatic carbocycles. The fraction of sp³-hybridized carbons (Fsp3) is 0.571. The van der Waals surface area contributed by atoms with Gasteiger partial charge >= 0.3 is 0 Å². The maximum atomic E-state index is 12.1. The molecule has 0 radical (unpaired) electrons. The SMILES string of the molecule is CC(C)COc1ncccc1C(=O)NC(C)CCO. The highest BCUT2D eigenvalue weighted by molar-refractivity contribution is 5.96. The first-order valence-corrected chi connectivity index (χ1v) is 6.54. The number of aliphatic hydroxyl groups excluding tert-OH is 1. The summed E-state index contributed by atoms with van der Waals surface area (Å²) >= 11 is 0. The fourth-order valence-corrected chi connectivity index (χ4v) is 1.49. The van der Waals surface area contributed by atoms with E-state index in [0.29, 0.717) is 30.4 Å². The van der Waals surface area contributed by atoms with Crippen molar-refractivity contribution < 1.29 is 14.6 Å². The first-order valence-electron chi connectivity index (χ1n) is 6.54. The molecule has 1 amide bonds. The predicted molar refractivity (Wildman–Crippen MR) is 73.2 cm³/mol. The third-order valence-corrected chi connectivity index (χ3v) is 2.51. The van der Waals surface area contributed by atoms with E-state index in [9.17, 15) is 4.79 Å². The zero-order valence-electron chi connectivity index (χ0n) is 11.7. The first-order chi connectivity index (χ1) is 9.04. The van der Waals surface area contributed by atoms with Gasteiger partial charge in [-0.2, -0.15) is 0 Å². The fourth-order valence-electron chi connectivity index (χ4n) is 1.49. The quantitative estimate of drug-likeness (QED) is 0.786. The molecule has 1 atom stereocenters. The molecule has 1 heterocycles. The Bertz CT molecular complexity index is 407. The maximum Gasteiger partial charge on any atom is 0.256 e. The highest BCUT2D eigenvalue weighted by atomic mass is 16.5. The number of hydrogen-bond donors (Lipinski definition) is 2. The van der Waals surface area contributed by atoms with Crippen LogP contribution < -0.4 is 10.1 Å². The van der Waals surface area contributed by atoms with Crippen molar-refractivity contribution in [3.05, 3.63) is 23.9 Å². The molecule has 0 saturated heterocycles. The van der Waals surface area contributed by atoms with Gasteiger partial charge in [0.2, 0.25) is 5.88 Å². The van der Waals surface area contributed by atoms with Gasteiger partial charge in [-0.05, 0) is 31.4 Å². The van der Waals surface area contributed by atoms with Gasteiger partial charge in [-0.1, -0.05) is 13.8 Å². The zero-order valence-corrected chi connectivity index (χ0v) is 11.7. The Balaban J connectivity index is 2.73. The second-order valence-electron chi connectivity index (χ2n) is 4.95. The van der Waals surface area contributed by atoms with Crippen LogP contribution in [0.1, 0.15) is 37.6 Å². The summed E-state index contributed by atoms with van der Waals surface area (Å²) in [5, 5.41) is 11.6. The number of hydrogen-bond acceptors (Lipinski definition) is 4. The second-order valence-corrected chi connectivity index (χ2v) is 4.95. The molecule has 0 aliphatic heterocycles. The number of rotatable bonds is 7. The summed E-state index contributed by atoms with van der Waals surface area (Å²) in [6.07, 6.45) is 2.12. The summed E-state index contributed by atoms with van der Waals surface area (Å²) in [6, 6.07) is 3.30. The van der Waals surface area contributed by atoms with Crippen LogP contribution in [0.3, 0.4) is 0 Å². The number of amides is 1. The molecular weight excluding hydrogens is 244 g/mol. The normalized spacial score (nSPS) is 12.3. The highest BCUT2D eigenvalue weighted by Gasteiger charge is 2.15. The molecule has 2 N–H and O–H groups in total. The van der Waals surface area contributed by atoms with Crippen LogP contribution in [0.25, 0.3) is 0 Å². The van der Waals surface area contributed by atoms with E-state index < -0.39 is 0 Å². The molecular formula is C14H22N2O3. The molecule has 0 aromatic carbocycles. The Morgan fingerprint density at radius 1 is 1.47 bits per heavy atom. The largest absolute Gasteiger partial charge is 0.477 e. The van der Waals surface area contributed by atoms with Crippen LogP contribution in [0.5, 0.6) is 5.88 Å². The summed E-state index contributed by atoms with van der Waals surface area (Å²) in [5.41, 5.74) is 0.424. The summed E-state index contributed by atoms with van der Waals surface area (Å²) in [7, 11) is 0. The number of pyridine rings is 1. The van der Waals surface area contributed by atoms with Crippen molar-refractivity contribution in [3.8, 4) is 5.88 Å². The Labute approximate surface area is 114 Å². The molecule has 0 fully saturated rings. The van der Waals surface area contributed by atoms with Crippen molar-refractivity contribution in [3.63, 3.8) is 0 Å². The van der Waals surface area contributed by atoms with E-state index in [0.717, 1.165) is 0 Å². The number of ether oxygens (including phenoxy) is 1. The lowest BCUT2D eigenvalue weighted by Crippen LogP contribution is -2.33. The summed E-state index contributed by atoms with van der Waals surface area (Å²) in [4.78, 5) is 16.2. The van der Waals surface area contributed by atoms with E-state index in [4.69, 9.17) is 9.84 Å². The molecule has 1 rings (SSSR count). The summed E-state index contributed by atoms with van der Waals surface area (Å²) in [6.45, 7) is 6.48. The van der Waals surface area contributed by atoms with Crippen molar-refractivity contribution in [1.29, 1.82) is 0 Å². The van der Waals surface area contributed by atoms with E-state index in [1.165, 1.54) is 0 Å². The molecule has 0 aliphatic rings. The van der Waals surface area contributed by atoms with Crippen LogP contribution >= 0.6 is 0 Å². The molecule has 19 heavy (non-hydrogen) atoms. The topological polar surface area (TPSA) is 71.5 Å². The molecule has 5 nitrogen and oxygen atoms in total. The monoisotopic (exact) mass is 266 g/mol. The van der Waals surface area contributed by atoms with Crippen molar-refractivity contribution in [2.45, 2.75) is 33.2 Å². The van der Waals surface area contributed by atoms with E-state index in [2.05, 4.69) is 10.3 Å². The van der Waals surface area contributed by atoms with Crippen LogP contribution in [0.2, 0.25) is 0 Å². The van der Waals surface area contributed by atoms with Gasteiger partial charge in [0, 0.05) is 18.8 Å². The molecule has 106 valence electrons. The molecule has 1 unspecified atom stereocenters. The summed E-state index contributed by atoms with van der Waals surface area (Å²) < 4.78 is 5.54. The average molecular weight is 266 g/mol. The predicted octanol–water partition coefficient (Wildman–Crippen LogP) is 1.62. The van der Waals surface area contributed by atoms with Gasteiger partial charge in [-0.25, -0.2) is 4.98 Å². The number of carbonyl (C=O) groups excluding carboxylic acids is 1. The minimum Gasteiger partial charge on any atom is -0.477 e. The van der Waals surface area contributed by atoms with Gasteiger partial charge in [-0.3, -0.25) is 4.79 Å². The van der Waals surface area contributed by atoms with Crippen molar-refractivity contribution >= 4 is 5.91 Å². The maximum absolute atomic E-state index is 12.1. The Kier molecular flexibility index (Phi) is 6.29. The Morgan fingerprint density at radius 2 is 2.21 bits per heavy atom. The van der Waals surface area contributed by atoms with Gasteiger partial charge in [0.25, 0.3) is 5.91 Å². The molecule has 0 bridgehead atoms. The van der Waals surface area contributed by atoms with Crippen molar-refractivity contribution in [2.75, 3.05) is 13.2 Å². The lowest BCUT2D eigenvalue weighted by Gasteiger charge is -2.15. The minimum absolute atomic E-state index is 0.0468. The van der Waals surface area contributed by atoms with Crippen LogP contribution in [-0.2, 0) is 0 Å². The van der Waals surface area contributed by atoms with Crippen LogP contribution in [-0.4, -0.2) is 35.3 Å². The van der Waals surface area contributed by atoms with Gasteiger partial charge in [-0.15, -0.1) is 0 Å².